The number of benzene rings is 1. The molecule has 170 valence electrons. The predicted molar refractivity (Wildman–Crippen MR) is 117 cm³/mol. The number of hydrogen-bond acceptors (Lipinski definition) is 7. The van der Waals surface area contributed by atoms with Crippen molar-refractivity contribution in [1.82, 2.24) is 19.4 Å². The summed E-state index contributed by atoms with van der Waals surface area (Å²) < 4.78 is 37.4. The van der Waals surface area contributed by atoms with Crippen LogP contribution in [-0.4, -0.2) is 60.8 Å². The van der Waals surface area contributed by atoms with E-state index in [2.05, 4.69) is 34.2 Å². The topological polar surface area (TPSA) is 88.8 Å². The van der Waals surface area contributed by atoms with Crippen LogP contribution in [0, 0.1) is 6.92 Å². The quantitative estimate of drug-likeness (QED) is 0.670. The molecule has 0 aliphatic carbocycles. The third-order valence-corrected chi connectivity index (χ3v) is 7.68. The van der Waals surface area contributed by atoms with Crippen molar-refractivity contribution in [2.24, 2.45) is 0 Å². The van der Waals surface area contributed by atoms with Gasteiger partial charge in [-0.05, 0) is 51.8 Å². The molecular formula is C22H32N4O4S. The second-order valence-electron chi connectivity index (χ2n) is 8.73. The Morgan fingerprint density at radius 2 is 1.84 bits per heavy atom. The van der Waals surface area contributed by atoms with E-state index in [0.717, 1.165) is 57.5 Å². The SMILES string of the molecule is COc1ccc(C)cc1CN1CCC(c2nnc([C@@H]3CCCCN3S(C)(=O)=O)o2)CC1. The van der Waals surface area contributed by atoms with Crippen molar-refractivity contribution in [2.75, 3.05) is 33.0 Å². The number of piperidine rings is 2. The fraction of sp³-hybridized carbons (Fsp3) is 0.636. The number of likely N-dealkylation sites (tertiary alicyclic amines) is 1. The maximum atomic E-state index is 12.2. The first-order chi connectivity index (χ1) is 14.8. The van der Waals surface area contributed by atoms with Crippen molar-refractivity contribution >= 4 is 10.0 Å². The van der Waals surface area contributed by atoms with Gasteiger partial charge in [0.25, 0.3) is 0 Å². The van der Waals surface area contributed by atoms with Gasteiger partial charge in [0.2, 0.25) is 21.8 Å². The molecule has 0 amide bonds. The van der Waals surface area contributed by atoms with E-state index in [1.807, 2.05) is 6.07 Å². The summed E-state index contributed by atoms with van der Waals surface area (Å²) in [5, 5.41) is 8.55. The molecule has 0 spiro atoms. The van der Waals surface area contributed by atoms with Gasteiger partial charge < -0.3 is 9.15 Å². The Labute approximate surface area is 184 Å². The minimum Gasteiger partial charge on any atom is -0.496 e. The first-order valence-corrected chi connectivity index (χ1v) is 12.9. The standard InChI is InChI=1S/C22H32N4O4S/c1-16-7-8-20(29-2)18(14-16)15-25-12-9-17(10-13-25)21-23-24-22(30-21)19-6-4-5-11-26(19)31(3,27)28/h7-8,14,17,19H,4-6,9-13,15H2,1-3H3/t19-/m0/s1. The zero-order chi connectivity index (χ0) is 22.0. The molecule has 1 aromatic heterocycles. The maximum Gasteiger partial charge on any atom is 0.234 e. The van der Waals surface area contributed by atoms with Crippen LogP contribution in [0.1, 0.15) is 67.0 Å². The summed E-state index contributed by atoms with van der Waals surface area (Å²) in [6.07, 6.45) is 5.70. The lowest BCUT2D eigenvalue weighted by Crippen LogP contribution is -2.37. The molecule has 2 aromatic rings. The van der Waals surface area contributed by atoms with Crippen LogP contribution < -0.4 is 4.74 Å². The minimum absolute atomic E-state index is 0.215. The van der Waals surface area contributed by atoms with Crippen LogP contribution in [-0.2, 0) is 16.6 Å². The number of rotatable bonds is 6. The molecule has 4 rings (SSSR count). The minimum atomic E-state index is -3.30. The highest BCUT2D eigenvalue weighted by atomic mass is 32.2. The Hall–Kier alpha value is -1.97. The lowest BCUT2D eigenvalue weighted by Gasteiger charge is -2.31. The number of ether oxygens (including phenoxy) is 1. The average Bonchev–Trinajstić information content (AvgIpc) is 3.24. The molecule has 2 fully saturated rings. The van der Waals surface area contributed by atoms with Gasteiger partial charge >= 0.3 is 0 Å². The van der Waals surface area contributed by atoms with Crippen LogP contribution in [0.2, 0.25) is 0 Å². The fourth-order valence-corrected chi connectivity index (χ4v) is 5.82. The third kappa shape index (κ3) is 5.10. The van der Waals surface area contributed by atoms with E-state index in [1.165, 1.54) is 21.7 Å². The van der Waals surface area contributed by atoms with E-state index in [0.29, 0.717) is 18.3 Å². The van der Waals surface area contributed by atoms with E-state index < -0.39 is 10.0 Å². The number of hydrogen-bond donors (Lipinski definition) is 0. The van der Waals surface area contributed by atoms with Gasteiger partial charge in [-0.15, -0.1) is 10.2 Å². The van der Waals surface area contributed by atoms with Crippen molar-refractivity contribution in [3.63, 3.8) is 0 Å². The van der Waals surface area contributed by atoms with Crippen LogP contribution in [0.5, 0.6) is 5.75 Å². The molecule has 1 aromatic carbocycles. The second kappa shape index (κ2) is 9.26. The summed E-state index contributed by atoms with van der Waals surface area (Å²) >= 11 is 0. The molecule has 3 heterocycles. The highest BCUT2D eigenvalue weighted by Gasteiger charge is 2.35. The van der Waals surface area contributed by atoms with Gasteiger partial charge in [-0.3, -0.25) is 4.90 Å². The Balaban J connectivity index is 1.39. The van der Waals surface area contributed by atoms with Crippen LogP contribution in [0.15, 0.2) is 22.6 Å². The first-order valence-electron chi connectivity index (χ1n) is 11.0. The van der Waals surface area contributed by atoms with Crippen molar-refractivity contribution < 1.29 is 17.6 Å². The fourth-order valence-electron chi connectivity index (χ4n) is 4.70. The van der Waals surface area contributed by atoms with Crippen molar-refractivity contribution in [3.8, 4) is 5.75 Å². The van der Waals surface area contributed by atoms with Gasteiger partial charge in [0.15, 0.2) is 0 Å². The van der Waals surface area contributed by atoms with Gasteiger partial charge in [-0.2, -0.15) is 4.31 Å². The van der Waals surface area contributed by atoms with Gasteiger partial charge in [-0.1, -0.05) is 24.1 Å². The Kier molecular flexibility index (Phi) is 6.64. The molecule has 2 saturated heterocycles. The lowest BCUT2D eigenvalue weighted by molar-refractivity contribution is 0.182. The smallest absolute Gasteiger partial charge is 0.234 e. The van der Waals surface area contributed by atoms with E-state index in [9.17, 15) is 8.42 Å². The Bertz CT molecular complexity index is 999. The van der Waals surface area contributed by atoms with Crippen LogP contribution in [0.25, 0.3) is 0 Å². The maximum absolute atomic E-state index is 12.2. The number of aromatic nitrogens is 2. The van der Waals surface area contributed by atoms with Gasteiger partial charge in [0.05, 0.1) is 13.4 Å². The first kappa shape index (κ1) is 22.2. The summed E-state index contributed by atoms with van der Waals surface area (Å²) in [6, 6.07) is 5.95. The van der Waals surface area contributed by atoms with E-state index in [-0.39, 0.29) is 12.0 Å². The molecule has 0 N–H and O–H groups in total. The zero-order valence-corrected chi connectivity index (χ0v) is 19.4. The predicted octanol–water partition coefficient (Wildman–Crippen LogP) is 3.25. The average molecular weight is 449 g/mol. The van der Waals surface area contributed by atoms with Gasteiger partial charge in [0, 0.05) is 24.6 Å². The van der Waals surface area contributed by atoms with E-state index >= 15 is 0 Å². The van der Waals surface area contributed by atoms with Crippen molar-refractivity contribution in [2.45, 2.75) is 57.5 Å². The normalized spacial score (nSPS) is 22.0. The monoisotopic (exact) mass is 448 g/mol. The molecule has 8 nitrogen and oxygen atoms in total. The molecule has 31 heavy (non-hydrogen) atoms. The van der Waals surface area contributed by atoms with Crippen LogP contribution >= 0.6 is 0 Å². The summed E-state index contributed by atoms with van der Waals surface area (Å²) in [6.45, 7) is 5.36. The lowest BCUT2D eigenvalue weighted by atomic mass is 9.96. The number of methoxy groups -OCH3 is 1. The largest absolute Gasteiger partial charge is 0.496 e. The Morgan fingerprint density at radius 1 is 1.10 bits per heavy atom. The molecule has 0 radical (unpaired) electrons. The van der Waals surface area contributed by atoms with E-state index in [1.54, 1.807) is 7.11 Å². The second-order valence-corrected chi connectivity index (χ2v) is 10.7. The molecule has 2 aliphatic heterocycles. The zero-order valence-electron chi connectivity index (χ0n) is 18.6. The molecule has 1 atom stereocenters. The van der Waals surface area contributed by atoms with Crippen molar-refractivity contribution in [1.29, 1.82) is 0 Å². The van der Waals surface area contributed by atoms with E-state index in [4.69, 9.17) is 9.15 Å². The molecule has 0 unspecified atom stereocenters. The number of nitrogens with zero attached hydrogens (tertiary/aromatic N) is 4. The van der Waals surface area contributed by atoms with Crippen LogP contribution in [0.4, 0.5) is 0 Å². The number of sulfonamides is 1. The molecule has 0 saturated carbocycles. The highest BCUT2D eigenvalue weighted by Crippen LogP contribution is 2.35. The summed E-state index contributed by atoms with van der Waals surface area (Å²) in [5.74, 6) is 2.22. The molecule has 0 bridgehead atoms. The van der Waals surface area contributed by atoms with Crippen molar-refractivity contribution in [3.05, 3.63) is 41.1 Å². The summed E-state index contributed by atoms with van der Waals surface area (Å²) in [5.41, 5.74) is 2.44. The summed E-state index contributed by atoms with van der Waals surface area (Å²) in [4.78, 5) is 2.43. The van der Waals surface area contributed by atoms with Crippen LogP contribution in [0.3, 0.4) is 0 Å². The number of aryl methyl sites for hydroxylation is 1. The summed E-state index contributed by atoms with van der Waals surface area (Å²) in [7, 11) is -1.58. The highest BCUT2D eigenvalue weighted by molar-refractivity contribution is 7.88. The Morgan fingerprint density at radius 3 is 2.55 bits per heavy atom. The third-order valence-electron chi connectivity index (χ3n) is 6.39. The van der Waals surface area contributed by atoms with Gasteiger partial charge in [0.1, 0.15) is 11.8 Å². The van der Waals surface area contributed by atoms with Gasteiger partial charge in [-0.25, -0.2) is 8.42 Å². The molecule has 9 heteroatoms. The molecule has 2 aliphatic rings. The molecular weight excluding hydrogens is 416 g/mol.